The molecule has 0 saturated carbocycles. The number of hydrogen-bond acceptors (Lipinski definition) is 3. The molecule has 132 valence electrons. The molecule has 5 nitrogen and oxygen atoms in total. The number of para-hydroxylation sites is 1. The lowest BCUT2D eigenvalue weighted by Crippen LogP contribution is -2.20. The Hall–Kier alpha value is -3.73. The number of carbonyl (C=O) groups excluding carboxylic acids is 1. The van der Waals surface area contributed by atoms with E-state index in [0.717, 1.165) is 16.8 Å². The highest BCUT2D eigenvalue weighted by atomic mass is 16.2. The van der Waals surface area contributed by atoms with Gasteiger partial charge in [-0.05, 0) is 12.1 Å². The Bertz CT molecular complexity index is 1030. The number of carbonyl (C=O) groups is 1. The number of rotatable bonds is 5. The van der Waals surface area contributed by atoms with Gasteiger partial charge in [-0.15, -0.1) is 5.10 Å². The Morgan fingerprint density at radius 1 is 0.778 bits per heavy atom. The number of nitrogens with zero attached hydrogens (tertiary/aromatic N) is 3. The predicted octanol–water partition coefficient (Wildman–Crippen LogP) is 4.25. The van der Waals surface area contributed by atoms with Crippen molar-refractivity contribution in [1.82, 2.24) is 14.8 Å². The molecule has 3 aromatic carbocycles. The van der Waals surface area contributed by atoms with Gasteiger partial charge in [0.1, 0.15) is 6.54 Å². The molecule has 1 N–H and O–H groups in total. The fourth-order valence-electron chi connectivity index (χ4n) is 2.82. The Labute approximate surface area is 157 Å². The van der Waals surface area contributed by atoms with Crippen molar-refractivity contribution >= 4 is 11.6 Å². The highest BCUT2D eigenvalue weighted by molar-refractivity contribution is 5.90. The maximum absolute atomic E-state index is 12.5. The average molecular weight is 354 g/mol. The van der Waals surface area contributed by atoms with E-state index >= 15 is 0 Å². The van der Waals surface area contributed by atoms with Gasteiger partial charge < -0.3 is 5.32 Å². The number of anilines is 1. The van der Waals surface area contributed by atoms with Crippen LogP contribution >= 0.6 is 0 Å². The molecule has 0 spiro atoms. The Kier molecular flexibility index (Phi) is 4.74. The van der Waals surface area contributed by atoms with Gasteiger partial charge in [0.25, 0.3) is 0 Å². The first kappa shape index (κ1) is 16.7. The van der Waals surface area contributed by atoms with Crippen LogP contribution in [0.5, 0.6) is 0 Å². The predicted molar refractivity (Wildman–Crippen MR) is 106 cm³/mol. The van der Waals surface area contributed by atoms with Crippen LogP contribution in [0.4, 0.5) is 5.69 Å². The number of nitrogens with one attached hydrogen (secondary N) is 1. The van der Waals surface area contributed by atoms with Crippen LogP contribution in [0.25, 0.3) is 22.8 Å². The second kappa shape index (κ2) is 7.66. The number of amides is 1. The minimum atomic E-state index is -0.150. The largest absolute Gasteiger partial charge is 0.324 e. The van der Waals surface area contributed by atoms with Crippen LogP contribution in [0.2, 0.25) is 0 Å². The van der Waals surface area contributed by atoms with Crippen LogP contribution in [-0.2, 0) is 11.3 Å². The summed E-state index contributed by atoms with van der Waals surface area (Å²) in [6.07, 6.45) is 0. The van der Waals surface area contributed by atoms with Crippen LogP contribution in [0.15, 0.2) is 91.0 Å². The van der Waals surface area contributed by atoms with Crippen molar-refractivity contribution in [2.75, 3.05) is 5.32 Å². The highest BCUT2D eigenvalue weighted by Gasteiger charge is 2.15. The summed E-state index contributed by atoms with van der Waals surface area (Å²) in [4.78, 5) is 17.2. The first-order chi connectivity index (χ1) is 13.3. The minimum Gasteiger partial charge on any atom is -0.324 e. The molecule has 0 saturated heterocycles. The zero-order valence-corrected chi connectivity index (χ0v) is 14.6. The van der Waals surface area contributed by atoms with Crippen molar-refractivity contribution < 1.29 is 4.79 Å². The lowest BCUT2D eigenvalue weighted by molar-refractivity contribution is -0.116. The van der Waals surface area contributed by atoms with E-state index in [4.69, 9.17) is 0 Å². The van der Waals surface area contributed by atoms with Crippen molar-refractivity contribution in [3.05, 3.63) is 91.0 Å². The van der Waals surface area contributed by atoms with Crippen molar-refractivity contribution in [3.63, 3.8) is 0 Å². The van der Waals surface area contributed by atoms with Crippen molar-refractivity contribution in [3.8, 4) is 22.8 Å². The molecular weight excluding hydrogens is 336 g/mol. The summed E-state index contributed by atoms with van der Waals surface area (Å²) in [6, 6.07) is 28.9. The lowest BCUT2D eigenvalue weighted by atomic mass is 10.2. The molecule has 0 unspecified atom stereocenters. The van der Waals surface area contributed by atoms with Crippen LogP contribution in [0.3, 0.4) is 0 Å². The van der Waals surface area contributed by atoms with Gasteiger partial charge in [0.15, 0.2) is 11.6 Å². The van der Waals surface area contributed by atoms with Crippen LogP contribution in [0.1, 0.15) is 0 Å². The molecule has 0 fully saturated rings. The lowest BCUT2D eigenvalue weighted by Gasteiger charge is -2.07. The van der Waals surface area contributed by atoms with Crippen molar-refractivity contribution in [2.45, 2.75) is 6.54 Å². The topological polar surface area (TPSA) is 59.8 Å². The van der Waals surface area contributed by atoms with Gasteiger partial charge in [-0.2, -0.15) is 0 Å². The molecule has 0 aliphatic carbocycles. The third-order valence-corrected chi connectivity index (χ3v) is 4.09. The normalized spacial score (nSPS) is 10.5. The monoisotopic (exact) mass is 354 g/mol. The summed E-state index contributed by atoms with van der Waals surface area (Å²) in [5.41, 5.74) is 2.59. The van der Waals surface area contributed by atoms with E-state index in [1.54, 1.807) is 4.68 Å². The van der Waals surface area contributed by atoms with Gasteiger partial charge >= 0.3 is 0 Å². The van der Waals surface area contributed by atoms with Gasteiger partial charge in [0, 0.05) is 16.8 Å². The van der Waals surface area contributed by atoms with Crippen molar-refractivity contribution in [2.24, 2.45) is 0 Å². The summed E-state index contributed by atoms with van der Waals surface area (Å²) in [5, 5.41) is 7.47. The molecular formula is C22H18N4O. The number of aromatic nitrogens is 3. The smallest absolute Gasteiger partial charge is 0.246 e. The summed E-state index contributed by atoms with van der Waals surface area (Å²) in [5.74, 6) is 1.11. The molecule has 0 aliphatic heterocycles. The quantitative estimate of drug-likeness (QED) is 0.583. The fraction of sp³-hybridized carbons (Fsp3) is 0.0455. The molecule has 1 aromatic heterocycles. The molecule has 4 rings (SSSR count). The number of hydrogen-bond donors (Lipinski definition) is 1. The molecule has 0 aliphatic rings. The zero-order chi connectivity index (χ0) is 18.5. The summed E-state index contributed by atoms with van der Waals surface area (Å²) in [7, 11) is 0. The summed E-state index contributed by atoms with van der Waals surface area (Å²) < 4.78 is 1.65. The maximum Gasteiger partial charge on any atom is 0.246 e. The zero-order valence-electron chi connectivity index (χ0n) is 14.6. The second-order valence-electron chi connectivity index (χ2n) is 6.06. The van der Waals surface area contributed by atoms with E-state index in [-0.39, 0.29) is 12.5 Å². The molecule has 0 bridgehead atoms. The van der Waals surface area contributed by atoms with Gasteiger partial charge in [-0.25, -0.2) is 9.67 Å². The first-order valence-electron chi connectivity index (χ1n) is 8.70. The van der Waals surface area contributed by atoms with Crippen LogP contribution in [-0.4, -0.2) is 20.7 Å². The average Bonchev–Trinajstić information content (AvgIpc) is 3.14. The maximum atomic E-state index is 12.5. The third kappa shape index (κ3) is 3.93. The third-order valence-electron chi connectivity index (χ3n) is 4.09. The molecule has 4 aromatic rings. The summed E-state index contributed by atoms with van der Waals surface area (Å²) >= 11 is 0. The fourth-order valence-corrected chi connectivity index (χ4v) is 2.82. The molecule has 0 atom stereocenters. The molecule has 27 heavy (non-hydrogen) atoms. The second-order valence-corrected chi connectivity index (χ2v) is 6.06. The summed E-state index contributed by atoms with van der Waals surface area (Å²) in [6.45, 7) is 0.0823. The van der Waals surface area contributed by atoms with Crippen LogP contribution < -0.4 is 5.32 Å². The van der Waals surface area contributed by atoms with Crippen LogP contribution in [0, 0.1) is 0 Å². The van der Waals surface area contributed by atoms with E-state index in [0.29, 0.717) is 11.6 Å². The molecule has 1 heterocycles. The van der Waals surface area contributed by atoms with E-state index in [1.807, 2.05) is 91.0 Å². The SMILES string of the molecule is O=C(Cn1nc(-c2ccccc2)nc1-c1ccccc1)Nc1ccccc1. The Morgan fingerprint density at radius 3 is 1.96 bits per heavy atom. The minimum absolute atomic E-state index is 0.0823. The molecule has 0 radical (unpaired) electrons. The highest BCUT2D eigenvalue weighted by Crippen LogP contribution is 2.22. The standard InChI is InChI=1S/C22H18N4O/c27-20(23-19-14-8-3-9-15-19)16-26-22(18-12-6-2-7-13-18)24-21(25-26)17-10-4-1-5-11-17/h1-15H,16H2,(H,23,27). The van der Waals surface area contributed by atoms with Gasteiger partial charge in [0.2, 0.25) is 5.91 Å². The van der Waals surface area contributed by atoms with E-state index in [9.17, 15) is 4.79 Å². The van der Waals surface area contributed by atoms with E-state index in [1.165, 1.54) is 0 Å². The van der Waals surface area contributed by atoms with Gasteiger partial charge in [-0.1, -0.05) is 78.9 Å². The first-order valence-corrected chi connectivity index (χ1v) is 8.70. The van der Waals surface area contributed by atoms with Gasteiger partial charge in [0.05, 0.1) is 0 Å². The molecule has 5 heteroatoms. The number of benzene rings is 3. The van der Waals surface area contributed by atoms with E-state index in [2.05, 4.69) is 15.4 Å². The van der Waals surface area contributed by atoms with Gasteiger partial charge in [-0.3, -0.25) is 4.79 Å². The van der Waals surface area contributed by atoms with Crippen molar-refractivity contribution in [1.29, 1.82) is 0 Å². The Balaban J connectivity index is 1.66. The Morgan fingerprint density at radius 2 is 1.33 bits per heavy atom. The molecule has 1 amide bonds. The van der Waals surface area contributed by atoms with E-state index < -0.39 is 0 Å².